The second-order valence-corrected chi connectivity index (χ2v) is 9.98. The van der Waals surface area contributed by atoms with Crippen molar-refractivity contribution in [3.05, 3.63) is 106 Å². The summed E-state index contributed by atoms with van der Waals surface area (Å²) in [6.07, 6.45) is 0. The molecular formula is C28H34O3. The molecule has 0 spiro atoms. The van der Waals surface area contributed by atoms with E-state index in [1.165, 1.54) is 0 Å². The molecule has 0 fully saturated rings. The Morgan fingerprint density at radius 1 is 0.419 bits per heavy atom. The Bertz CT molecular complexity index is 858. The summed E-state index contributed by atoms with van der Waals surface area (Å²) in [5, 5.41) is 31.0. The molecule has 164 valence electrons. The van der Waals surface area contributed by atoms with E-state index in [0.717, 1.165) is 33.4 Å². The summed E-state index contributed by atoms with van der Waals surface area (Å²) in [7, 11) is 0. The summed E-state index contributed by atoms with van der Waals surface area (Å²) in [6.45, 7) is 10.7. The van der Waals surface area contributed by atoms with Crippen LogP contribution < -0.4 is 0 Å². The quantitative estimate of drug-likeness (QED) is 0.460. The molecule has 0 amide bonds. The number of aliphatic hydroxyl groups is 3. The highest BCUT2D eigenvalue weighted by atomic mass is 16.3. The topological polar surface area (TPSA) is 60.7 Å². The van der Waals surface area contributed by atoms with E-state index >= 15 is 0 Å². The van der Waals surface area contributed by atoms with E-state index in [1.54, 1.807) is 41.5 Å². The van der Waals surface area contributed by atoms with Gasteiger partial charge in [0.15, 0.2) is 0 Å². The highest BCUT2D eigenvalue weighted by Crippen LogP contribution is 2.35. The van der Waals surface area contributed by atoms with Crippen LogP contribution in [0.1, 0.15) is 80.8 Å². The first-order valence-electron chi connectivity index (χ1n) is 10.8. The first kappa shape index (κ1) is 23.2. The molecule has 3 heteroatoms. The predicted octanol–water partition coefficient (Wildman–Crippen LogP) is 5.55. The number of hydrogen-bond acceptors (Lipinski definition) is 3. The minimum atomic E-state index is -0.892. The first-order chi connectivity index (χ1) is 14.3. The molecule has 3 nitrogen and oxygen atoms in total. The van der Waals surface area contributed by atoms with Gasteiger partial charge in [0.2, 0.25) is 0 Å². The Kier molecular flexibility index (Phi) is 6.16. The van der Waals surface area contributed by atoms with Gasteiger partial charge in [-0.3, -0.25) is 0 Å². The molecule has 0 saturated carbocycles. The van der Waals surface area contributed by atoms with Crippen molar-refractivity contribution in [1.82, 2.24) is 0 Å². The molecule has 0 atom stereocenters. The van der Waals surface area contributed by atoms with Gasteiger partial charge in [0.05, 0.1) is 16.8 Å². The van der Waals surface area contributed by atoms with Crippen molar-refractivity contribution in [2.75, 3.05) is 0 Å². The van der Waals surface area contributed by atoms with Crippen molar-refractivity contribution in [2.24, 2.45) is 0 Å². The maximum Gasteiger partial charge on any atom is 0.0840 e. The molecule has 0 aromatic heterocycles. The third-order valence-corrected chi connectivity index (χ3v) is 5.85. The van der Waals surface area contributed by atoms with E-state index in [-0.39, 0.29) is 5.92 Å². The fourth-order valence-corrected chi connectivity index (χ4v) is 3.83. The molecular weight excluding hydrogens is 384 g/mol. The van der Waals surface area contributed by atoms with Crippen LogP contribution in [0.4, 0.5) is 0 Å². The fraction of sp³-hybridized carbons (Fsp3) is 0.357. The van der Waals surface area contributed by atoms with Gasteiger partial charge >= 0.3 is 0 Å². The van der Waals surface area contributed by atoms with E-state index in [2.05, 4.69) is 36.4 Å². The molecule has 0 aliphatic heterocycles. The van der Waals surface area contributed by atoms with Crippen LogP contribution in [0, 0.1) is 0 Å². The van der Waals surface area contributed by atoms with E-state index < -0.39 is 16.8 Å². The van der Waals surface area contributed by atoms with Crippen LogP contribution in [0.5, 0.6) is 0 Å². The molecule has 0 aliphatic rings. The molecule has 0 aliphatic carbocycles. The van der Waals surface area contributed by atoms with Gasteiger partial charge in [-0.1, -0.05) is 72.8 Å². The Morgan fingerprint density at radius 2 is 0.613 bits per heavy atom. The molecule has 3 aromatic rings. The van der Waals surface area contributed by atoms with Gasteiger partial charge in [0, 0.05) is 5.92 Å². The SMILES string of the molecule is CC(C)(O)c1ccc(C(c2ccc(C(C)(C)O)cc2)c2ccc(C(C)(C)O)cc2)cc1. The zero-order valence-corrected chi connectivity index (χ0v) is 19.3. The Balaban J connectivity index is 2.08. The summed E-state index contributed by atoms with van der Waals surface area (Å²) in [6, 6.07) is 24.2. The van der Waals surface area contributed by atoms with Crippen LogP contribution in [-0.2, 0) is 16.8 Å². The highest BCUT2D eigenvalue weighted by Gasteiger charge is 2.22. The number of hydrogen-bond donors (Lipinski definition) is 3. The van der Waals surface area contributed by atoms with Gasteiger partial charge < -0.3 is 15.3 Å². The summed E-state index contributed by atoms with van der Waals surface area (Å²) in [4.78, 5) is 0. The van der Waals surface area contributed by atoms with Gasteiger partial charge in [0.25, 0.3) is 0 Å². The van der Waals surface area contributed by atoms with Gasteiger partial charge in [-0.2, -0.15) is 0 Å². The lowest BCUT2D eigenvalue weighted by molar-refractivity contribution is 0.0780. The zero-order valence-electron chi connectivity index (χ0n) is 19.3. The Morgan fingerprint density at radius 3 is 0.774 bits per heavy atom. The lowest BCUT2D eigenvalue weighted by Crippen LogP contribution is -2.16. The maximum absolute atomic E-state index is 10.3. The van der Waals surface area contributed by atoms with Crippen molar-refractivity contribution < 1.29 is 15.3 Å². The summed E-state index contributed by atoms with van der Waals surface area (Å²) in [5.74, 6) is -0.0115. The van der Waals surface area contributed by atoms with Crippen molar-refractivity contribution in [3.8, 4) is 0 Å². The van der Waals surface area contributed by atoms with Gasteiger partial charge in [-0.05, 0) is 74.9 Å². The van der Waals surface area contributed by atoms with Crippen LogP contribution >= 0.6 is 0 Å². The average Bonchev–Trinajstić information content (AvgIpc) is 2.67. The minimum Gasteiger partial charge on any atom is -0.386 e. The summed E-state index contributed by atoms with van der Waals surface area (Å²) < 4.78 is 0. The first-order valence-corrected chi connectivity index (χ1v) is 10.8. The van der Waals surface area contributed by atoms with E-state index in [4.69, 9.17) is 0 Å². The molecule has 0 heterocycles. The zero-order chi connectivity index (χ0) is 23.0. The van der Waals surface area contributed by atoms with Crippen molar-refractivity contribution >= 4 is 0 Å². The smallest absolute Gasteiger partial charge is 0.0840 e. The van der Waals surface area contributed by atoms with Crippen LogP contribution in [0.2, 0.25) is 0 Å². The standard InChI is InChI=1S/C28H34O3/c1-26(2,29)22-13-7-19(8-14-22)25(20-9-15-23(16-10-20)27(3,4)30)21-11-17-24(18-12-21)28(5,6)31/h7-18,25,29-31H,1-6H3. The lowest BCUT2D eigenvalue weighted by Gasteiger charge is -2.24. The summed E-state index contributed by atoms with van der Waals surface area (Å²) in [5.41, 5.74) is 3.25. The van der Waals surface area contributed by atoms with Crippen molar-refractivity contribution in [3.63, 3.8) is 0 Å². The van der Waals surface area contributed by atoms with Crippen LogP contribution in [0.15, 0.2) is 72.8 Å². The second kappa shape index (κ2) is 8.23. The fourth-order valence-electron chi connectivity index (χ4n) is 3.83. The van der Waals surface area contributed by atoms with Gasteiger partial charge in [-0.25, -0.2) is 0 Å². The third-order valence-electron chi connectivity index (χ3n) is 5.85. The highest BCUT2D eigenvalue weighted by molar-refractivity contribution is 5.46. The monoisotopic (exact) mass is 418 g/mol. The second-order valence-electron chi connectivity index (χ2n) is 9.98. The van der Waals surface area contributed by atoms with Gasteiger partial charge in [-0.15, -0.1) is 0 Å². The van der Waals surface area contributed by atoms with E-state index in [9.17, 15) is 15.3 Å². The van der Waals surface area contributed by atoms with Crippen LogP contribution in [0.25, 0.3) is 0 Å². The van der Waals surface area contributed by atoms with E-state index in [1.807, 2.05) is 36.4 Å². The molecule has 3 aromatic carbocycles. The largest absolute Gasteiger partial charge is 0.386 e. The lowest BCUT2D eigenvalue weighted by atomic mass is 9.82. The van der Waals surface area contributed by atoms with Crippen molar-refractivity contribution in [2.45, 2.75) is 64.3 Å². The molecule has 0 unspecified atom stereocenters. The minimum absolute atomic E-state index is 0.0115. The molecule has 3 N–H and O–H groups in total. The van der Waals surface area contributed by atoms with Crippen LogP contribution in [0.3, 0.4) is 0 Å². The number of rotatable bonds is 6. The van der Waals surface area contributed by atoms with Crippen molar-refractivity contribution in [1.29, 1.82) is 0 Å². The Labute approximate surface area is 186 Å². The molecule has 0 bridgehead atoms. The predicted molar refractivity (Wildman–Crippen MR) is 126 cm³/mol. The van der Waals surface area contributed by atoms with E-state index in [0.29, 0.717) is 0 Å². The van der Waals surface area contributed by atoms with Gasteiger partial charge in [0.1, 0.15) is 0 Å². The number of benzene rings is 3. The average molecular weight is 419 g/mol. The normalized spacial score (nSPS) is 13.0. The third kappa shape index (κ3) is 5.43. The molecule has 31 heavy (non-hydrogen) atoms. The van der Waals surface area contributed by atoms with Crippen LogP contribution in [-0.4, -0.2) is 15.3 Å². The summed E-state index contributed by atoms with van der Waals surface area (Å²) >= 11 is 0. The maximum atomic E-state index is 10.3. The Hall–Kier alpha value is -2.46. The molecule has 0 saturated heterocycles. The molecule has 0 radical (unpaired) electrons. The molecule has 3 rings (SSSR count).